The molecule has 0 fully saturated rings. The van der Waals surface area contributed by atoms with Crippen LogP contribution < -0.4 is 11.1 Å². The molecule has 1 unspecified atom stereocenters. The van der Waals surface area contributed by atoms with Gasteiger partial charge in [-0.3, -0.25) is 4.68 Å². The molecule has 1 atom stereocenters. The average Bonchev–Trinajstić information content (AvgIpc) is 2.41. The molecule has 1 aromatic rings. The third kappa shape index (κ3) is 2.62. The van der Waals surface area contributed by atoms with E-state index in [1.165, 1.54) is 0 Å². The Hall–Kier alpha value is -1.23. The smallest absolute Gasteiger partial charge is 0.171 e. The SMILES string of the molecule is COC(C)CNc1nn(C)cc1N. The van der Waals surface area contributed by atoms with Gasteiger partial charge in [-0.05, 0) is 6.92 Å². The van der Waals surface area contributed by atoms with Crippen LogP contribution in [0.3, 0.4) is 0 Å². The maximum Gasteiger partial charge on any atom is 0.171 e. The van der Waals surface area contributed by atoms with Gasteiger partial charge >= 0.3 is 0 Å². The lowest BCUT2D eigenvalue weighted by Gasteiger charge is -2.09. The molecule has 0 radical (unpaired) electrons. The summed E-state index contributed by atoms with van der Waals surface area (Å²) in [6, 6.07) is 0. The fourth-order valence-electron chi connectivity index (χ4n) is 0.968. The van der Waals surface area contributed by atoms with E-state index < -0.39 is 0 Å². The largest absolute Gasteiger partial charge is 0.394 e. The molecule has 1 rings (SSSR count). The molecule has 1 aromatic heterocycles. The molecule has 0 amide bonds. The number of aromatic nitrogens is 2. The first kappa shape index (κ1) is 9.85. The molecular weight excluding hydrogens is 168 g/mol. The first-order chi connectivity index (χ1) is 6.13. The van der Waals surface area contributed by atoms with E-state index in [2.05, 4.69) is 10.4 Å². The number of hydrogen-bond acceptors (Lipinski definition) is 4. The predicted molar refractivity (Wildman–Crippen MR) is 52.6 cm³/mol. The third-order valence-electron chi connectivity index (χ3n) is 1.82. The van der Waals surface area contributed by atoms with Crippen LogP contribution in [0.1, 0.15) is 6.92 Å². The molecule has 0 saturated carbocycles. The van der Waals surface area contributed by atoms with Gasteiger partial charge in [0.1, 0.15) is 0 Å². The Morgan fingerprint density at radius 1 is 1.77 bits per heavy atom. The van der Waals surface area contributed by atoms with Crippen LogP contribution in [0.5, 0.6) is 0 Å². The minimum Gasteiger partial charge on any atom is -0.394 e. The van der Waals surface area contributed by atoms with Crippen molar-refractivity contribution in [1.29, 1.82) is 0 Å². The molecule has 3 N–H and O–H groups in total. The van der Waals surface area contributed by atoms with E-state index in [1.54, 1.807) is 18.0 Å². The Morgan fingerprint density at radius 2 is 2.46 bits per heavy atom. The number of nitrogens with zero attached hydrogens (tertiary/aromatic N) is 2. The molecule has 0 spiro atoms. The Bertz CT molecular complexity index is 271. The van der Waals surface area contributed by atoms with Gasteiger partial charge in [0.05, 0.1) is 11.8 Å². The molecule has 13 heavy (non-hydrogen) atoms. The number of rotatable bonds is 4. The quantitative estimate of drug-likeness (QED) is 0.713. The molecule has 0 bridgehead atoms. The van der Waals surface area contributed by atoms with E-state index >= 15 is 0 Å². The summed E-state index contributed by atoms with van der Waals surface area (Å²) in [4.78, 5) is 0. The maximum absolute atomic E-state index is 5.68. The van der Waals surface area contributed by atoms with Crippen LogP contribution in [0.2, 0.25) is 0 Å². The summed E-state index contributed by atoms with van der Waals surface area (Å²) in [5.74, 6) is 0.714. The molecule has 0 aliphatic heterocycles. The van der Waals surface area contributed by atoms with Gasteiger partial charge in [0.2, 0.25) is 0 Å². The van der Waals surface area contributed by atoms with Gasteiger partial charge in [-0.2, -0.15) is 5.10 Å². The number of methoxy groups -OCH3 is 1. The fourth-order valence-corrected chi connectivity index (χ4v) is 0.968. The van der Waals surface area contributed by atoms with Crippen molar-refractivity contribution in [2.24, 2.45) is 7.05 Å². The molecule has 0 aliphatic carbocycles. The molecule has 74 valence electrons. The zero-order valence-corrected chi connectivity index (χ0v) is 8.24. The number of aryl methyl sites for hydroxylation is 1. The normalized spacial score (nSPS) is 12.8. The molecule has 5 nitrogen and oxygen atoms in total. The number of nitrogen functional groups attached to an aromatic ring is 1. The van der Waals surface area contributed by atoms with Crippen LogP contribution >= 0.6 is 0 Å². The van der Waals surface area contributed by atoms with E-state index in [-0.39, 0.29) is 6.10 Å². The molecular formula is C8H16N4O. The summed E-state index contributed by atoms with van der Waals surface area (Å²) in [5.41, 5.74) is 6.34. The molecule has 1 heterocycles. The number of nitrogens with one attached hydrogen (secondary N) is 1. The van der Waals surface area contributed by atoms with E-state index in [1.807, 2.05) is 14.0 Å². The van der Waals surface area contributed by atoms with Crippen LogP contribution in [0, 0.1) is 0 Å². The van der Waals surface area contributed by atoms with Crippen LogP contribution in [0.15, 0.2) is 6.20 Å². The van der Waals surface area contributed by atoms with Crippen LogP contribution in [0.4, 0.5) is 11.5 Å². The average molecular weight is 184 g/mol. The Balaban J connectivity index is 2.49. The summed E-state index contributed by atoms with van der Waals surface area (Å²) in [7, 11) is 3.51. The van der Waals surface area contributed by atoms with Gasteiger partial charge < -0.3 is 15.8 Å². The van der Waals surface area contributed by atoms with Crippen molar-refractivity contribution < 1.29 is 4.74 Å². The van der Waals surface area contributed by atoms with Crippen LogP contribution in [-0.2, 0) is 11.8 Å². The Labute approximate surface area is 77.9 Å². The van der Waals surface area contributed by atoms with Gasteiger partial charge in [-0.25, -0.2) is 0 Å². The van der Waals surface area contributed by atoms with Crippen molar-refractivity contribution in [1.82, 2.24) is 9.78 Å². The van der Waals surface area contributed by atoms with Crippen molar-refractivity contribution in [2.45, 2.75) is 13.0 Å². The predicted octanol–water partition coefficient (Wildman–Crippen LogP) is 0.449. The lowest BCUT2D eigenvalue weighted by molar-refractivity contribution is 0.128. The molecule has 5 heteroatoms. The maximum atomic E-state index is 5.68. The summed E-state index contributed by atoms with van der Waals surface area (Å²) in [6.45, 7) is 2.68. The second-order valence-electron chi connectivity index (χ2n) is 3.03. The number of ether oxygens (including phenoxy) is 1. The molecule has 0 aromatic carbocycles. The van der Waals surface area contributed by atoms with E-state index in [0.29, 0.717) is 18.1 Å². The monoisotopic (exact) mass is 184 g/mol. The zero-order valence-electron chi connectivity index (χ0n) is 8.24. The van der Waals surface area contributed by atoms with Crippen LogP contribution in [-0.4, -0.2) is 29.5 Å². The van der Waals surface area contributed by atoms with Gasteiger partial charge in [0.25, 0.3) is 0 Å². The zero-order chi connectivity index (χ0) is 9.84. The topological polar surface area (TPSA) is 65.1 Å². The van der Waals surface area contributed by atoms with E-state index in [9.17, 15) is 0 Å². The second kappa shape index (κ2) is 4.13. The Morgan fingerprint density at radius 3 is 2.92 bits per heavy atom. The van der Waals surface area contributed by atoms with Gasteiger partial charge in [0.15, 0.2) is 5.82 Å². The van der Waals surface area contributed by atoms with E-state index in [0.717, 1.165) is 0 Å². The summed E-state index contributed by atoms with van der Waals surface area (Å²) in [6.07, 6.45) is 1.92. The fraction of sp³-hybridized carbons (Fsp3) is 0.625. The van der Waals surface area contributed by atoms with Crippen molar-refractivity contribution >= 4 is 11.5 Å². The highest BCUT2D eigenvalue weighted by molar-refractivity contribution is 5.59. The number of anilines is 2. The van der Waals surface area contributed by atoms with Crippen molar-refractivity contribution in [3.8, 4) is 0 Å². The Kier molecular flexibility index (Phi) is 3.13. The van der Waals surface area contributed by atoms with Gasteiger partial charge in [0, 0.05) is 26.9 Å². The standard InChI is InChI=1S/C8H16N4O/c1-6(13-3)4-10-8-7(9)5-12(2)11-8/h5-6H,4,9H2,1-3H3,(H,10,11). The first-order valence-corrected chi connectivity index (χ1v) is 4.19. The number of hydrogen-bond donors (Lipinski definition) is 2. The molecule has 0 saturated heterocycles. The van der Waals surface area contributed by atoms with Gasteiger partial charge in [-0.15, -0.1) is 0 Å². The van der Waals surface area contributed by atoms with E-state index in [4.69, 9.17) is 10.5 Å². The highest BCUT2D eigenvalue weighted by Gasteiger charge is 2.04. The minimum absolute atomic E-state index is 0.154. The molecule has 0 aliphatic rings. The van der Waals surface area contributed by atoms with Crippen molar-refractivity contribution in [3.63, 3.8) is 0 Å². The third-order valence-corrected chi connectivity index (χ3v) is 1.82. The van der Waals surface area contributed by atoms with Crippen LogP contribution in [0.25, 0.3) is 0 Å². The number of nitrogens with two attached hydrogens (primary N) is 1. The first-order valence-electron chi connectivity index (χ1n) is 4.19. The lowest BCUT2D eigenvalue weighted by atomic mass is 10.4. The van der Waals surface area contributed by atoms with Crippen molar-refractivity contribution in [2.75, 3.05) is 24.7 Å². The second-order valence-corrected chi connectivity index (χ2v) is 3.03. The van der Waals surface area contributed by atoms with Gasteiger partial charge in [-0.1, -0.05) is 0 Å². The highest BCUT2D eigenvalue weighted by Crippen LogP contribution is 2.13. The highest BCUT2D eigenvalue weighted by atomic mass is 16.5. The van der Waals surface area contributed by atoms with Crippen molar-refractivity contribution in [3.05, 3.63) is 6.20 Å². The minimum atomic E-state index is 0.154. The summed E-state index contributed by atoms with van der Waals surface area (Å²) in [5, 5.41) is 7.24. The lowest BCUT2D eigenvalue weighted by Crippen LogP contribution is -2.18. The summed E-state index contributed by atoms with van der Waals surface area (Å²) >= 11 is 0. The summed E-state index contributed by atoms with van der Waals surface area (Å²) < 4.78 is 6.76.